The van der Waals surface area contributed by atoms with Crippen molar-refractivity contribution in [3.8, 4) is 17.1 Å². The first-order chi connectivity index (χ1) is 17.9. The maximum atomic E-state index is 12.4. The molecule has 202 valence electrons. The number of halogens is 1. The molecule has 0 N–H and O–H groups in total. The van der Waals surface area contributed by atoms with Crippen molar-refractivity contribution < 1.29 is 28.2 Å². The molecule has 2 aliphatic rings. The molecular formula is C26H36FN5O5. The summed E-state index contributed by atoms with van der Waals surface area (Å²) in [4.78, 5) is 30.8. The van der Waals surface area contributed by atoms with Crippen LogP contribution in [0.25, 0.3) is 11.4 Å². The van der Waals surface area contributed by atoms with E-state index in [0.29, 0.717) is 36.6 Å². The van der Waals surface area contributed by atoms with Gasteiger partial charge in [0.2, 0.25) is 0 Å². The molecule has 0 unspecified atom stereocenters. The van der Waals surface area contributed by atoms with E-state index >= 15 is 0 Å². The third kappa shape index (κ3) is 6.75. The average Bonchev–Trinajstić information content (AvgIpc) is 3.70. The van der Waals surface area contributed by atoms with Crippen LogP contribution in [0.3, 0.4) is 0 Å². The van der Waals surface area contributed by atoms with E-state index in [1.165, 1.54) is 12.0 Å². The lowest BCUT2D eigenvalue weighted by atomic mass is 9.87. The minimum Gasteiger partial charge on any atom is -0.488 e. The molecule has 1 amide bonds. The largest absolute Gasteiger partial charge is 0.488 e. The fourth-order valence-corrected chi connectivity index (χ4v) is 4.66. The standard InChI is InChI=1S/C26H36FN5O5/c1-31(26(34)36-14-5-4-13-27)16-21-24(29-30-32(21)2)20-11-12-22(23(28-20)17-9-10-17)37-19-8-6-7-18(15-19)25(33)35-3/h11-12,17-19H,4-10,13-16H2,1-3H3/t18-,19-/m0/s1. The van der Waals surface area contributed by atoms with Gasteiger partial charge in [-0.3, -0.25) is 9.18 Å². The second kappa shape index (κ2) is 12.3. The molecule has 2 aliphatic carbocycles. The first kappa shape index (κ1) is 26.8. The monoisotopic (exact) mass is 517 g/mol. The van der Waals surface area contributed by atoms with Gasteiger partial charge in [0, 0.05) is 20.0 Å². The molecule has 0 aromatic carbocycles. The minimum atomic E-state index is -0.487. The molecule has 2 aromatic heterocycles. The maximum absolute atomic E-state index is 12.4. The van der Waals surface area contributed by atoms with Crippen molar-refractivity contribution in [1.82, 2.24) is 24.9 Å². The van der Waals surface area contributed by atoms with Crippen LogP contribution < -0.4 is 4.74 Å². The normalized spacial score (nSPS) is 19.4. The maximum Gasteiger partial charge on any atom is 0.409 e. The third-order valence-electron chi connectivity index (χ3n) is 6.94. The molecule has 2 aromatic rings. The third-order valence-corrected chi connectivity index (χ3v) is 6.94. The van der Waals surface area contributed by atoms with E-state index in [0.717, 1.165) is 49.2 Å². The van der Waals surface area contributed by atoms with Crippen LogP contribution in [0.15, 0.2) is 12.1 Å². The van der Waals surface area contributed by atoms with E-state index in [1.54, 1.807) is 18.8 Å². The minimum absolute atomic E-state index is 0.0559. The van der Waals surface area contributed by atoms with E-state index in [-0.39, 0.29) is 31.1 Å². The summed E-state index contributed by atoms with van der Waals surface area (Å²) < 4.78 is 30.4. The fourth-order valence-electron chi connectivity index (χ4n) is 4.66. The van der Waals surface area contributed by atoms with E-state index in [4.69, 9.17) is 19.2 Å². The van der Waals surface area contributed by atoms with Crippen molar-refractivity contribution in [2.75, 3.05) is 27.4 Å². The smallest absolute Gasteiger partial charge is 0.409 e. The predicted octanol–water partition coefficient (Wildman–Crippen LogP) is 4.18. The van der Waals surface area contributed by atoms with Gasteiger partial charge >= 0.3 is 12.1 Å². The number of unbranched alkanes of at least 4 members (excludes halogenated alkanes) is 1. The molecule has 11 heteroatoms. The van der Waals surface area contributed by atoms with E-state index in [1.807, 2.05) is 12.1 Å². The van der Waals surface area contributed by atoms with Crippen LogP contribution in [-0.4, -0.2) is 70.5 Å². The van der Waals surface area contributed by atoms with Crippen LogP contribution in [0.2, 0.25) is 0 Å². The second-order valence-corrected chi connectivity index (χ2v) is 9.86. The zero-order valence-electron chi connectivity index (χ0n) is 21.8. The van der Waals surface area contributed by atoms with Gasteiger partial charge in [0.25, 0.3) is 0 Å². The number of ether oxygens (including phenoxy) is 3. The van der Waals surface area contributed by atoms with Crippen molar-refractivity contribution >= 4 is 12.1 Å². The van der Waals surface area contributed by atoms with Crippen molar-refractivity contribution in [3.63, 3.8) is 0 Å². The molecule has 0 bridgehead atoms. The summed E-state index contributed by atoms with van der Waals surface area (Å²) in [6, 6.07) is 3.80. The van der Waals surface area contributed by atoms with Gasteiger partial charge in [-0.2, -0.15) is 0 Å². The van der Waals surface area contributed by atoms with Crippen LogP contribution in [0.1, 0.15) is 68.7 Å². The molecule has 10 nitrogen and oxygen atoms in total. The predicted molar refractivity (Wildman–Crippen MR) is 133 cm³/mol. The van der Waals surface area contributed by atoms with Crippen LogP contribution >= 0.6 is 0 Å². The van der Waals surface area contributed by atoms with Gasteiger partial charge in [-0.15, -0.1) is 5.10 Å². The quantitative estimate of drug-likeness (QED) is 0.323. The molecule has 37 heavy (non-hydrogen) atoms. The number of pyridine rings is 1. The number of esters is 1. The van der Waals surface area contributed by atoms with Crippen molar-refractivity contribution in [3.05, 3.63) is 23.5 Å². The van der Waals surface area contributed by atoms with Crippen molar-refractivity contribution in [2.24, 2.45) is 13.0 Å². The summed E-state index contributed by atoms with van der Waals surface area (Å²) in [5.74, 6) is 0.779. The first-order valence-corrected chi connectivity index (χ1v) is 13.0. The Balaban J connectivity index is 1.48. The number of rotatable bonds is 11. The number of methoxy groups -OCH3 is 1. The van der Waals surface area contributed by atoms with E-state index < -0.39 is 12.8 Å². The first-order valence-electron chi connectivity index (χ1n) is 13.0. The Morgan fingerprint density at radius 3 is 2.73 bits per heavy atom. The summed E-state index contributed by atoms with van der Waals surface area (Å²) in [5, 5.41) is 8.49. The number of nitrogens with zero attached hydrogens (tertiary/aromatic N) is 5. The van der Waals surface area contributed by atoms with E-state index in [2.05, 4.69) is 10.3 Å². The number of amides is 1. The van der Waals surface area contributed by atoms with Gasteiger partial charge in [-0.05, 0) is 63.5 Å². The summed E-state index contributed by atoms with van der Waals surface area (Å²) in [7, 11) is 4.84. The number of alkyl halides is 1. The Kier molecular flexibility index (Phi) is 8.94. The zero-order chi connectivity index (χ0) is 26.4. The lowest BCUT2D eigenvalue weighted by Crippen LogP contribution is -2.30. The highest BCUT2D eigenvalue weighted by molar-refractivity contribution is 5.72. The Bertz CT molecular complexity index is 1090. The van der Waals surface area contributed by atoms with Gasteiger partial charge in [0.1, 0.15) is 11.4 Å². The highest BCUT2D eigenvalue weighted by atomic mass is 19.1. The van der Waals surface area contributed by atoms with Crippen LogP contribution in [0.5, 0.6) is 5.75 Å². The van der Waals surface area contributed by atoms with Crippen LogP contribution in [-0.2, 0) is 27.9 Å². The molecule has 0 saturated heterocycles. The SMILES string of the molecule is COC(=O)[C@H]1CCC[C@H](Oc2ccc(-c3nnn(C)c3CN(C)C(=O)OCCCCF)nc2C2CC2)C1. The molecule has 2 saturated carbocycles. The average molecular weight is 518 g/mol. The van der Waals surface area contributed by atoms with Gasteiger partial charge in [0.05, 0.1) is 56.0 Å². The van der Waals surface area contributed by atoms with Gasteiger partial charge in [-0.1, -0.05) is 5.21 Å². The summed E-state index contributed by atoms with van der Waals surface area (Å²) in [6.07, 6.45) is 5.69. The number of aryl methyl sites for hydroxylation is 1. The summed E-state index contributed by atoms with van der Waals surface area (Å²) in [5.41, 5.74) is 2.88. The fraction of sp³-hybridized carbons (Fsp3) is 0.654. The Morgan fingerprint density at radius 1 is 1.19 bits per heavy atom. The highest BCUT2D eigenvalue weighted by Crippen LogP contribution is 2.45. The Hall–Kier alpha value is -3.24. The molecule has 0 aliphatic heterocycles. The van der Waals surface area contributed by atoms with Crippen molar-refractivity contribution in [2.45, 2.75) is 69.9 Å². The van der Waals surface area contributed by atoms with E-state index in [9.17, 15) is 14.0 Å². The molecule has 2 atom stereocenters. The summed E-state index contributed by atoms with van der Waals surface area (Å²) in [6.45, 7) is -0.0129. The lowest BCUT2D eigenvalue weighted by molar-refractivity contribution is -0.147. The Labute approximate surface area is 216 Å². The topological polar surface area (TPSA) is 109 Å². The number of carbonyl (C=O) groups is 2. The van der Waals surface area contributed by atoms with Crippen molar-refractivity contribution in [1.29, 1.82) is 0 Å². The number of carbonyl (C=O) groups excluding carboxylic acids is 2. The zero-order valence-corrected chi connectivity index (χ0v) is 21.8. The molecule has 2 heterocycles. The highest BCUT2D eigenvalue weighted by Gasteiger charge is 2.33. The summed E-state index contributed by atoms with van der Waals surface area (Å²) >= 11 is 0. The molecular weight excluding hydrogens is 481 g/mol. The molecule has 0 spiro atoms. The van der Waals surface area contributed by atoms with Gasteiger partial charge < -0.3 is 19.1 Å². The molecule has 2 fully saturated rings. The Morgan fingerprint density at radius 2 is 2.00 bits per heavy atom. The second-order valence-electron chi connectivity index (χ2n) is 9.86. The number of hydrogen-bond donors (Lipinski definition) is 0. The molecule has 4 rings (SSSR count). The van der Waals surface area contributed by atoms with Crippen LogP contribution in [0.4, 0.5) is 9.18 Å². The number of hydrogen-bond acceptors (Lipinski definition) is 8. The van der Waals surface area contributed by atoms with Gasteiger partial charge in [0.15, 0.2) is 0 Å². The van der Waals surface area contributed by atoms with Gasteiger partial charge in [-0.25, -0.2) is 14.5 Å². The van der Waals surface area contributed by atoms with Crippen LogP contribution in [0, 0.1) is 5.92 Å². The molecule has 0 radical (unpaired) electrons. The number of aromatic nitrogens is 4. The lowest BCUT2D eigenvalue weighted by Gasteiger charge is -2.28.